The number of piperidine rings is 1. The first-order chi connectivity index (χ1) is 12.1. The van der Waals surface area contributed by atoms with Gasteiger partial charge in [0.25, 0.3) is 5.91 Å². The van der Waals surface area contributed by atoms with E-state index < -0.39 is 11.9 Å². The number of benzene rings is 2. The van der Waals surface area contributed by atoms with E-state index in [1.807, 2.05) is 30.3 Å². The molecule has 1 heterocycles. The van der Waals surface area contributed by atoms with Gasteiger partial charge in [-0.1, -0.05) is 30.3 Å². The van der Waals surface area contributed by atoms with Crippen molar-refractivity contribution in [2.45, 2.75) is 18.9 Å². The van der Waals surface area contributed by atoms with Crippen molar-refractivity contribution in [2.24, 2.45) is 5.92 Å². The van der Waals surface area contributed by atoms with Crippen LogP contribution in [0, 0.1) is 11.7 Å². The number of ether oxygens (including phenoxy) is 1. The molecular formula is C20H22FNO3. The Morgan fingerprint density at radius 3 is 2.68 bits per heavy atom. The number of carbonyl (C=O) groups is 1. The van der Waals surface area contributed by atoms with E-state index in [0.717, 1.165) is 12.8 Å². The number of amides is 1. The van der Waals surface area contributed by atoms with Crippen LogP contribution in [0.2, 0.25) is 0 Å². The highest BCUT2D eigenvalue weighted by molar-refractivity contribution is 5.94. The van der Waals surface area contributed by atoms with Crippen molar-refractivity contribution in [1.82, 2.24) is 4.90 Å². The lowest BCUT2D eigenvalue weighted by atomic mass is 9.87. The van der Waals surface area contributed by atoms with Crippen molar-refractivity contribution in [3.63, 3.8) is 0 Å². The molecule has 1 fully saturated rings. The highest BCUT2D eigenvalue weighted by Gasteiger charge is 2.30. The van der Waals surface area contributed by atoms with Crippen LogP contribution in [0.3, 0.4) is 0 Å². The van der Waals surface area contributed by atoms with Crippen LogP contribution in [0.15, 0.2) is 48.5 Å². The van der Waals surface area contributed by atoms with Gasteiger partial charge in [-0.25, -0.2) is 4.39 Å². The molecule has 5 heteroatoms. The number of hydrogen-bond acceptors (Lipinski definition) is 3. The first-order valence-corrected chi connectivity index (χ1v) is 8.43. The normalized spacial score (nSPS) is 20.4. The minimum absolute atomic E-state index is 0.109. The van der Waals surface area contributed by atoms with Gasteiger partial charge < -0.3 is 14.7 Å². The number of carbonyl (C=O) groups excluding carboxylic acids is 1. The van der Waals surface area contributed by atoms with Gasteiger partial charge in [0.15, 0.2) is 11.6 Å². The number of nitrogens with zero attached hydrogens (tertiary/aromatic N) is 1. The average Bonchev–Trinajstić information content (AvgIpc) is 2.63. The standard InChI is InChI=1S/C20H22FNO3/c1-25-19-8-7-16(12-17(19)21)20(24)22-10-9-15(18(23)13-22)11-14-5-3-2-4-6-14/h2-8,12,15,18,23H,9-11,13H2,1H3/t15-,18-/m1/s1. The second-order valence-electron chi connectivity index (χ2n) is 6.41. The summed E-state index contributed by atoms with van der Waals surface area (Å²) in [5, 5.41) is 10.4. The second-order valence-corrected chi connectivity index (χ2v) is 6.41. The van der Waals surface area contributed by atoms with Crippen molar-refractivity contribution in [1.29, 1.82) is 0 Å². The van der Waals surface area contributed by atoms with E-state index in [2.05, 4.69) is 0 Å². The van der Waals surface area contributed by atoms with Crippen LogP contribution in [-0.4, -0.2) is 42.2 Å². The molecule has 2 aromatic rings. The molecule has 4 nitrogen and oxygen atoms in total. The molecule has 0 spiro atoms. The lowest BCUT2D eigenvalue weighted by Crippen LogP contribution is -2.47. The summed E-state index contributed by atoms with van der Waals surface area (Å²) >= 11 is 0. The molecule has 0 aromatic heterocycles. The topological polar surface area (TPSA) is 49.8 Å². The van der Waals surface area contributed by atoms with Gasteiger partial charge in [-0.05, 0) is 42.5 Å². The molecule has 1 aliphatic rings. The van der Waals surface area contributed by atoms with Gasteiger partial charge in [0, 0.05) is 18.7 Å². The Kier molecular flexibility index (Phi) is 5.34. The second kappa shape index (κ2) is 7.66. The molecule has 3 rings (SSSR count). The van der Waals surface area contributed by atoms with Crippen LogP contribution >= 0.6 is 0 Å². The molecular weight excluding hydrogens is 321 g/mol. The minimum Gasteiger partial charge on any atom is -0.494 e. The first-order valence-electron chi connectivity index (χ1n) is 8.43. The van der Waals surface area contributed by atoms with Crippen LogP contribution < -0.4 is 4.74 Å². The SMILES string of the molecule is COc1ccc(C(=O)N2CC[C@H](Cc3ccccc3)[C@H](O)C2)cc1F. The fraction of sp³-hybridized carbons (Fsp3) is 0.350. The lowest BCUT2D eigenvalue weighted by molar-refractivity contribution is 0.0198. The average molecular weight is 343 g/mol. The Morgan fingerprint density at radius 2 is 2.04 bits per heavy atom. The number of likely N-dealkylation sites (tertiary alicyclic amines) is 1. The van der Waals surface area contributed by atoms with E-state index in [0.29, 0.717) is 6.54 Å². The molecule has 1 amide bonds. The summed E-state index contributed by atoms with van der Waals surface area (Å²) in [5.74, 6) is -0.594. The first kappa shape index (κ1) is 17.4. The van der Waals surface area contributed by atoms with Crippen molar-refractivity contribution in [3.05, 3.63) is 65.5 Å². The van der Waals surface area contributed by atoms with Crippen LogP contribution in [0.5, 0.6) is 5.75 Å². The molecule has 1 aliphatic heterocycles. The molecule has 0 radical (unpaired) electrons. The monoisotopic (exact) mass is 343 g/mol. The molecule has 1 N–H and O–H groups in total. The van der Waals surface area contributed by atoms with E-state index in [1.165, 1.54) is 24.8 Å². The number of aliphatic hydroxyl groups is 1. The highest BCUT2D eigenvalue weighted by atomic mass is 19.1. The largest absolute Gasteiger partial charge is 0.494 e. The molecule has 1 saturated heterocycles. The number of halogens is 1. The summed E-state index contributed by atoms with van der Waals surface area (Å²) in [7, 11) is 1.38. The summed E-state index contributed by atoms with van der Waals surface area (Å²) in [6.45, 7) is 0.824. The molecule has 0 bridgehead atoms. The maximum Gasteiger partial charge on any atom is 0.254 e. The molecule has 0 aliphatic carbocycles. The van der Waals surface area contributed by atoms with Gasteiger partial charge in [-0.2, -0.15) is 0 Å². The molecule has 2 aromatic carbocycles. The van der Waals surface area contributed by atoms with E-state index in [1.54, 1.807) is 11.0 Å². The minimum atomic E-state index is -0.582. The molecule has 0 saturated carbocycles. The fourth-order valence-corrected chi connectivity index (χ4v) is 3.30. The fourth-order valence-electron chi connectivity index (χ4n) is 3.30. The van der Waals surface area contributed by atoms with Crippen molar-refractivity contribution >= 4 is 5.91 Å². The third-order valence-electron chi connectivity index (χ3n) is 4.75. The van der Waals surface area contributed by atoms with E-state index in [-0.39, 0.29) is 29.7 Å². The van der Waals surface area contributed by atoms with E-state index >= 15 is 0 Å². The lowest BCUT2D eigenvalue weighted by Gasteiger charge is -2.36. The Bertz CT molecular complexity index is 735. The van der Waals surface area contributed by atoms with Crippen molar-refractivity contribution < 1.29 is 19.0 Å². The van der Waals surface area contributed by atoms with Gasteiger partial charge in [-0.3, -0.25) is 4.79 Å². The Balaban J connectivity index is 1.64. The third-order valence-corrected chi connectivity index (χ3v) is 4.75. The Labute approximate surface area is 146 Å². The maximum atomic E-state index is 13.8. The Morgan fingerprint density at radius 1 is 1.28 bits per heavy atom. The summed E-state index contributed by atoms with van der Waals surface area (Å²) in [6, 6.07) is 14.2. The zero-order chi connectivity index (χ0) is 17.8. The Hall–Kier alpha value is -2.40. The van der Waals surface area contributed by atoms with Crippen molar-refractivity contribution in [2.75, 3.05) is 20.2 Å². The predicted octanol–water partition coefficient (Wildman–Crippen LogP) is 2.90. The number of aliphatic hydroxyl groups excluding tert-OH is 1. The zero-order valence-corrected chi connectivity index (χ0v) is 14.2. The van der Waals surface area contributed by atoms with E-state index in [4.69, 9.17) is 4.74 Å². The van der Waals surface area contributed by atoms with Crippen LogP contribution in [-0.2, 0) is 6.42 Å². The van der Waals surface area contributed by atoms with Crippen LogP contribution in [0.25, 0.3) is 0 Å². The number of β-amino-alcohol motifs (C(OH)–C–C–N with tert-alkyl or cyclic N) is 1. The third kappa shape index (κ3) is 3.99. The summed E-state index contributed by atoms with van der Waals surface area (Å²) < 4.78 is 18.7. The number of methoxy groups -OCH3 is 1. The number of rotatable bonds is 4. The summed E-state index contributed by atoms with van der Waals surface area (Å²) in [4.78, 5) is 14.2. The number of hydrogen-bond donors (Lipinski definition) is 1. The van der Waals surface area contributed by atoms with Gasteiger partial charge in [0.2, 0.25) is 0 Å². The quantitative estimate of drug-likeness (QED) is 0.929. The van der Waals surface area contributed by atoms with Crippen molar-refractivity contribution in [3.8, 4) is 5.75 Å². The predicted molar refractivity (Wildman–Crippen MR) is 93.1 cm³/mol. The molecule has 25 heavy (non-hydrogen) atoms. The zero-order valence-electron chi connectivity index (χ0n) is 14.2. The summed E-state index contributed by atoms with van der Waals surface area (Å²) in [5.41, 5.74) is 1.45. The molecule has 2 atom stereocenters. The molecule has 0 unspecified atom stereocenters. The van der Waals surface area contributed by atoms with E-state index in [9.17, 15) is 14.3 Å². The van der Waals surface area contributed by atoms with Crippen LogP contribution in [0.1, 0.15) is 22.3 Å². The van der Waals surface area contributed by atoms with Gasteiger partial charge >= 0.3 is 0 Å². The molecule has 132 valence electrons. The maximum absolute atomic E-state index is 13.8. The van der Waals surface area contributed by atoms with Gasteiger partial charge in [0.05, 0.1) is 13.2 Å². The highest BCUT2D eigenvalue weighted by Crippen LogP contribution is 2.24. The van der Waals surface area contributed by atoms with Gasteiger partial charge in [0.1, 0.15) is 0 Å². The smallest absolute Gasteiger partial charge is 0.254 e. The van der Waals surface area contributed by atoms with Crippen LogP contribution in [0.4, 0.5) is 4.39 Å². The van der Waals surface area contributed by atoms with Gasteiger partial charge in [-0.15, -0.1) is 0 Å². The summed E-state index contributed by atoms with van der Waals surface area (Å²) in [6.07, 6.45) is 0.933.